The molecule has 9 heteroatoms. The Labute approximate surface area is 186 Å². The monoisotopic (exact) mass is 432 g/mol. The van der Waals surface area contributed by atoms with Crippen LogP contribution in [0.1, 0.15) is 36.5 Å². The smallest absolute Gasteiger partial charge is 0.281 e. The minimum atomic E-state index is -0.156. The van der Waals surface area contributed by atoms with Gasteiger partial charge in [-0.15, -0.1) is 0 Å². The first-order valence-electron chi connectivity index (χ1n) is 10.4. The third kappa shape index (κ3) is 3.84. The van der Waals surface area contributed by atoms with Crippen molar-refractivity contribution in [3.8, 4) is 0 Å². The normalized spacial score (nSPS) is 11.3. The number of aliphatic imine (C=N–C) groups is 2. The Hall–Kier alpha value is -4.01. The van der Waals surface area contributed by atoms with Crippen LogP contribution < -0.4 is 11.3 Å². The van der Waals surface area contributed by atoms with Gasteiger partial charge in [0.15, 0.2) is 11.6 Å². The van der Waals surface area contributed by atoms with Crippen molar-refractivity contribution in [2.75, 3.05) is 7.05 Å². The summed E-state index contributed by atoms with van der Waals surface area (Å²) in [6, 6.07) is 9.33. The molecule has 9 nitrogen and oxygen atoms in total. The Morgan fingerprint density at radius 1 is 1.16 bits per heavy atom. The average Bonchev–Trinajstić information content (AvgIpc) is 3.42. The molecule has 0 unspecified atom stereocenters. The second-order valence-electron chi connectivity index (χ2n) is 6.89. The van der Waals surface area contributed by atoms with E-state index >= 15 is 0 Å². The first-order valence-corrected chi connectivity index (χ1v) is 10.4. The minimum absolute atomic E-state index is 0.156. The fraction of sp³-hybridized carbons (Fsp3) is 0.261. The molecular formula is C23H28N8O. The van der Waals surface area contributed by atoms with Crippen LogP contribution in [0.2, 0.25) is 0 Å². The molecule has 166 valence electrons. The zero-order valence-corrected chi connectivity index (χ0v) is 19.1. The number of hydrogen-bond donors (Lipinski definition) is 1. The van der Waals surface area contributed by atoms with E-state index in [9.17, 15) is 4.79 Å². The van der Waals surface area contributed by atoms with Crippen LogP contribution in [0.4, 0.5) is 5.82 Å². The van der Waals surface area contributed by atoms with Crippen LogP contribution in [0.5, 0.6) is 0 Å². The van der Waals surface area contributed by atoms with Crippen molar-refractivity contribution in [3.05, 3.63) is 75.7 Å². The lowest BCUT2D eigenvalue weighted by Gasteiger charge is -2.15. The van der Waals surface area contributed by atoms with Crippen LogP contribution in [0, 0.1) is 13.8 Å². The van der Waals surface area contributed by atoms with E-state index < -0.39 is 0 Å². The summed E-state index contributed by atoms with van der Waals surface area (Å²) in [5, 5.41) is 5.13. The lowest BCUT2D eigenvalue weighted by atomic mass is 10.1. The molecule has 0 fully saturated rings. The third-order valence-corrected chi connectivity index (χ3v) is 5.01. The predicted octanol–water partition coefficient (Wildman–Crippen LogP) is 3.06. The van der Waals surface area contributed by atoms with Crippen LogP contribution in [0.25, 0.3) is 10.9 Å². The van der Waals surface area contributed by atoms with E-state index in [-0.39, 0.29) is 12.1 Å². The van der Waals surface area contributed by atoms with Crippen LogP contribution in [-0.4, -0.2) is 43.7 Å². The summed E-state index contributed by atoms with van der Waals surface area (Å²) in [5.41, 5.74) is 8.68. The predicted molar refractivity (Wildman–Crippen MR) is 129 cm³/mol. The standard InChI is InChI=1S/C21H22N8O.C2H6/c1-13-8-7-9-15-17(13)21(30)29(27-10-5-6-11-27)16(25-15)12-28-20(24-4)18(14(2)26-28)19(22)23-3;1-2/h5-11H,4,12H2,1-3H3,(H2,22,23);1-2H3. The number of aryl methyl sites for hydroxylation is 2. The molecule has 0 atom stereocenters. The number of benzene rings is 1. The molecule has 0 saturated heterocycles. The number of amidine groups is 1. The maximum Gasteiger partial charge on any atom is 0.281 e. The van der Waals surface area contributed by atoms with Gasteiger partial charge in [-0.1, -0.05) is 26.0 Å². The van der Waals surface area contributed by atoms with Gasteiger partial charge in [0.2, 0.25) is 0 Å². The van der Waals surface area contributed by atoms with Crippen molar-refractivity contribution in [2.24, 2.45) is 15.7 Å². The molecule has 0 amide bonds. The molecule has 0 saturated carbocycles. The largest absolute Gasteiger partial charge is 0.383 e. The Kier molecular flexibility index (Phi) is 6.67. The van der Waals surface area contributed by atoms with Crippen LogP contribution in [-0.2, 0) is 6.54 Å². The summed E-state index contributed by atoms with van der Waals surface area (Å²) in [5.74, 6) is 1.31. The van der Waals surface area contributed by atoms with Gasteiger partial charge in [0.25, 0.3) is 5.56 Å². The van der Waals surface area contributed by atoms with Crippen LogP contribution >= 0.6 is 0 Å². The highest BCUT2D eigenvalue weighted by molar-refractivity contribution is 6.02. The van der Waals surface area contributed by atoms with E-state index in [1.54, 1.807) is 28.8 Å². The Bertz CT molecular complexity index is 1340. The van der Waals surface area contributed by atoms with Crippen molar-refractivity contribution < 1.29 is 0 Å². The molecule has 4 aromatic rings. The average molecular weight is 433 g/mol. The van der Waals surface area contributed by atoms with Gasteiger partial charge in [0.1, 0.15) is 12.4 Å². The zero-order chi connectivity index (χ0) is 23.4. The summed E-state index contributed by atoms with van der Waals surface area (Å²) in [6.45, 7) is 11.6. The summed E-state index contributed by atoms with van der Waals surface area (Å²) in [6.07, 6.45) is 3.59. The van der Waals surface area contributed by atoms with E-state index in [2.05, 4.69) is 21.8 Å². The van der Waals surface area contributed by atoms with Crippen molar-refractivity contribution in [1.82, 2.24) is 24.1 Å². The molecule has 0 aliphatic carbocycles. The SMILES string of the molecule is C=Nc1c(C(N)=NC)c(C)nn1Cc1nc2cccc(C)c2c(=O)n1-n1cccc1.CC. The highest BCUT2D eigenvalue weighted by Crippen LogP contribution is 2.23. The highest BCUT2D eigenvalue weighted by atomic mass is 16.1. The molecule has 0 bridgehead atoms. The molecule has 1 aromatic carbocycles. The number of rotatable bonds is 5. The first kappa shape index (κ1) is 22.7. The number of fused-ring (bicyclic) bond motifs is 1. The van der Waals surface area contributed by atoms with E-state index in [4.69, 9.17) is 10.7 Å². The fourth-order valence-electron chi connectivity index (χ4n) is 3.62. The lowest BCUT2D eigenvalue weighted by Crippen LogP contribution is -2.31. The topological polar surface area (TPSA) is 108 Å². The summed E-state index contributed by atoms with van der Waals surface area (Å²) < 4.78 is 4.88. The Morgan fingerprint density at radius 2 is 1.84 bits per heavy atom. The Balaban J connectivity index is 0.00000141. The molecule has 3 heterocycles. The first-order chi connectivity index (χ1) is 15.5. The van der Waals surface area contributed by atoms with Crippen molar-refractivity contribution in [2.45, 2.75) is 34.2 Å². The van der Waals surface area contributed by atoms with Gasteiger partial charge in [-0.2, -0.15) is 9.77 Å². The maximum absolute atomic E-state index is 13.4. The third-order valence-electron chi connectivity index (χ3n) is 5.01. The van der Waals surface area contributed by atoms with Crippen molar-refractivity contribution in [3.63, 3.8) is 0 Å². The molecule has 2 N–H and O–H groups in total. The second-order valence-corrected chi connectivity index (χ2v) is 6.89. The number of nitrogens with zero attached hydrogens (tertiary/aromatic N) is 7. The number of nitrogens with two attached hydrogens (primary N) is 1. The molecule has 32 heavy (non-hydrogen) atoms. The highest BCUT2D eigenvalue weighted by Gasteiger charge is 2.20. The second kappa shape index (κ2) is 9.42. The summed E-state index contributed by atoms with van der Waals surface area (Å²) in [7, 11) is 1.61. The molecule has 0 aliphatic heterocycles. The van der Waals surface area contributed by atoms with Crippen LogP contribution in [0.3, 0.4) is 0 Å². The maximum atomic E-state index is 13.4. The molecular weight excluding hydrogens is 404 g/mol. The van der Waals surface area contributed by atoms with Gasteiger partial charge in [-0.05, 0) is 44.3 Å². The fourth-order valence-corrected chi connectivity index (χ4v) is 3.62. The van der Waals surface area contributed by atoms with Crippen LogP contribution in [0.15, 0.2) is 57.5 Å². The van der Waals surface area contributed by atoms with Gasteiger partial charge in [-0.25, -0.2) is 14.7 Å². The van der Waals surface area contributed by atoms with E-state index in [1.165, 1.54) is 4.68 Å². The molecule has 0 spiro atoms. The van der Waals surface area contributed by atoms with E-state index in [1.807, 2.05) is 58.0 Å². The molecule has 0 radical (unpaired) electrons. The van der Waals surface area contributed by atoms with Crippen molar-refractivity contribution >= 4 is 29.3 Å². The molecule has 3 aromatic heterocycles. The number of hydrogen-bond acceptors (Lipinski definition) is 5. The lowest BCUT2D eigenvalue weighted by molar-refractivity contribution is 0.543. The quantitative estimate of drug-likeness (QED) is 0.386. The molecule has 0 aliphatic rings. The van der Waals surface area contributed by atoms with Gasteiger partial charge < -0.3 is 5.73 Å². The van der Waals surface area contributed by atoms with E-state index in [0.29, 0.717) is 39.6 Å². The van der Waals surface area contributed by atoms with Crippen molar-refractivity contribution in [1.29, 1.82) is 0 Å². The number of aromatic nitrogens is 5. The summed E-state index contributed by atoms with van der Waals surface area (Å²) in [4.78, 5) is 26.4. The zero-order valence-electron chi connectivity index (χ0n) is 19.1. The van der Waals surface area contributed by atoms with Gasteiger partial charge in [0, 0.05) is 19.4 Å². The summed E-state index contributed by atoms with van der Waals surface area (Å²) >= 11 is 0. The minimum Gasteiger partial charge on any atom is -0.383 e. The Morgan fingerprint density at radius 3 is 2.47 bits per heavy atom. The van der Waals surface area contributed by atoms with E-state index in [0.717, 1.165) is 5.56 Å². The molecule has 4 rings (SSSR count). The van der Waals surface area contributed by atoms with Gasteiger partial charge >= 0.3 is 0 Å². The van der Waals surface area contributed by atoms with Gasteiger partial charge in [0.05, 0.1) is 22.2 Å². The van der Waals surface area contributed by atoms with Gasteiger partial charge in [-0.3, -0.25) is 14.5 Å².